The number of ether oxygens (including phenoxy) is 9. The van der Waals surface area contributed by atoms with Gasteiger partial charge in [0.1, 0.15) is 28.4 Å². The van der Waals surface area contributed by atoms with Crippen molar-refractivity contribution in [2.45, 2.75) is 144 Å². The van der Waals surface area contributed by atoms with Gasteiger partial charge in [0.2, 0.25) is 5.91 Å². The van der Waals surface area contributed by atoms with E-state index in [1.807, 2.05) is 0 Å². The van der Waals surface area contributed by atoms with Crippen LogP contribution in [0.4, 0.5) is 148 Å². The third kappa shape index (κ3) is 37.7. The second-order valence-corrected chi connectivity index (χ2v) is 42.5. The first kappa shape index (κ1) is 136. The standard InChI is InChI=1S/C17H18F6INO7S.C14H11F6I2NO6S.2C13H9F6IO7S.C12H9F6IO6S/c1-14(2,3)32-13(27)25(4)11-6-5-9(7-10(11)24)12(26)31-15(16(18,19)20,17(21,22)23)8-33(28,29)30;1-5-3-7(21)10(23-6(2)24)9(22)8(5)11(25)29-12(13(15,16)17,14(18,19)20)4-30(26,27)28;1-6(21)26-9-4-7(20)2-3-8(9)10(22)27-11(12(14,15)16,13(17,18)19)5-28(23,24)25;1-6(21)26-9-4-7(2-3-8(9)20)10(22)27-11(12(14,15)16,13(17,18)19)5-28(23,24)25;1-24-8-4-6(2-3-7(8)19)9(20)25-10(11(13,14)15,12(16,17)18)5-26(21,22)23/h5-7H,8H2,1-4H3,(H,28,29,30);3H,4H2,1-2H3,(H,23,24)(H,26,27,28);2*2-4H,5H2,1H3,(H,23,24,25);2-4H,5H2,1H3,(H,21,22,23)/p-5. The third-order valence-electron chi connectivity index (χ3n) is 16.2. The van der Waals surface area contributed by atoms with Gasteiger partial charge in [0.15, 0.2) is 0 Å². The van der Waals surface area contributed by atoms with Crippen LogP contribution in [0.25, 0.3) is 0 Å². The summed E-state index contributed by atoms with van der Waals surface area (Å²) >= 11 is 9.60. The van der Waals surface area contributed by atoms with E-state index in [0.717, 1.165) is 93.4 Å². The molecule has 5 rings (SSSR count). The van der Waals surface area contributed by atoms with Gasteiger partial charge in [0, 0.05) is 38.5 Å². The van der Waals surface area contributed by atoms with Gasteiger partial charge in [-0.15, -0.1) is 0 Å². The van der Waals surface area contributed by atoms with Crippen molar-refractivity contribution in [1.82, 2.24) is 0 Å². The number of benzene rings is 5. The minimum Gasteiger partial charge on any atom is -0.748 e. The molecule has 2 amide bonds. The fourth-order valence-corrected chi connectivity index (χ4v) is 19.1. The van der Waals surface area contributed by atoms with Gasteiger partial charge >= 0.3 is 138 Å². The van der Waals surface area contributed by atoms with Gasteiger partial charge in [-0.3, -0.25) is 19.3 Å². The van der Waals surface area contributed by atoms with Crippen molar-refractivity contribution in [2.24, 2.45) is 0 Å². The molecule has 0 aliphatic rings. The van der Waals surface area contributed by atoms with Crippen molar-refractivity contribution in [1.29, 1.82) is 0 Å². The van der Waals surface area contributed by atoms with E-state index >= 15 is 0 Å². The predicted molar refractivity (Wildman–Crippen MR) is 465 cm³/mol. The molecule has 0 radical (unpaired) electrons. The molecule has 0 spiro atoms. The van der Waals surface area contributed by atoms with Gasteiger partial charge in [-0.05, 0) is 248 Å². The first-order valence-corrected chi connectivity index (χ1v) is 49.8. The van der Waals surface area contributed by atoms with Crippen LogP contribution in [0.15, 0.2) is 78.9 Å². The van der Waals surface area contributed by atoms with Crippen molar-refractivity contribution in [3.63, 3.8) is 0 Å². The summed E-state index contributed by atoms with van der Waals surface area (Å²) in [5, 5.41) is 2.27. The van der Waals surface area contributed by atoms with Crippen LogP contribution in [0.3, 0.4) is 0 Å². The SMILES string of the molecule is CC(=O)Nc1c(I)cc(C)c(C(=O)OC(CS(=O)(=O)[O-])(C(F)(F)F)C(F)(F)F)c1I.CC(=O)Oc1cc(C(=O)OC(CS(=O)(=O)[O-])(C(F)(F)F)C(F)(F)F)ccc1I.CC(=O)Oc1cc(I)ccc1C(=O)OC(CS(=O)(=O)[O-])(C(F)(F)F)C(F)(F)F.CN(C(=O)OC(C)(C)C)c1ccc(C(=O)OC(CS(=O)(=O)[O-])(C(F)(F)F)C(F)(F)F)cc1I.COc1cc(C(=O)OC(CS(=O)(=O)[O-])(C(F)(F)F)C(F)(F)F)ccc1I. The zero-order valence-electron chi connectivity index (χ0n) is 71.1. The summed E-state index contributed by atoms with van der Waals surface area (Å²) in [4.78, 5) is 107. The molecule has 0 heterocycles. The van der Waals surface area contributed by atoms with Crippen LogP contribution in [0.1, 0.15) is 98.9 Å². The quantitative estimate of drug-likeness (QED) is 0.0142. The van der Waals surface area contributed by atoms with E-state index in [-0.39, 0.29) is 42.7 Å². The average Bonchev–Trinajstić information content (AvgIpc) is 0.638. The summed E-state index contributed by atoms with van der Waals surface area (Å²) < 4.78 is 595. The van der Waals surface area contributed by atoms with E-state index in [1.165, 1.54) is 42.6 Å². The van der Waals surface area contributed by atoms with Crippen molar-refractivity contribution < 1.29 is 282 Å². The van der Waals surface area contributed by atoms with Gasteiger partial charge in [-0.2, -0.15) is 132 Å². The number of carbonyl (C=O) groups is 9. The summed E-state index contributed by atoms with van der Waals surface area (Å²) in [5.74, 6) is -30.3. The lowest BCUT2D eigenvalue weighted by molar-refractivity contribution is -0.357. The highest BCUT2D eigenvalue weighted by Gasteiger charge is 2.80. The number of hydrogen-bond acceptors (Lipinski definition) is 33. The number of methoxy groups -OCH3 is 1. The smallest absolute Gasteiger partial charge is 0.438 e. The maximum atomic E-state index is 13.3. The number of nitrogens with zero attached hydrogens (tertiary/aromatic N) is 1. The summed E-state index contributed by atoms with van der Waals surface area (Å²) in [6.07, 6.45) is -65.6. The Morgan fingerprint density at radius 2 is 0.621 bits per heavy atom. The molecular formula is C69H51F30I6N2O33S5-5. The number of anilines is 2. The van der Waals surface area contributed by atoms with E-state index in [2.05, 4.69) is 38.5 Å². The summed E-state index contributed by atoms with van der Waals surface area (Å²) in [6.45, 7) is 8.77. The Hall–Kier alpha value is -7.24. The normalized spacial score (nSPS) is 13.3. The molecule has 145 heavy (non-hydrogen) atoms. The molecule has 0 aromatic heterocycles. The minimum absolute atomic E-state index is 0.0245. The van der Waals surface area contributed by atoms with Crippen LogP contribution < -0.4 is 24.4 Å². The lowest BCUT2D eigenvalue weighted by atomic mass is 10.0. The molecule has 822 valence electrons. The number of esters is 7. The molecule has 5 aromatic carbocycles. The Labute approximate surface area is 873 Å². The van der Waals surface area contributed by atoms with Crippen LogP contribution in [-0.2, 0) is 93.4 Å². The molecular weight excluding hydrogens is 2880 g/mol. The van der Waals surface area contributed by atoms with Gasteiger partial charge in [0.25, 0.3) is 0 Å². The third-order valence-corrected chi connectivity index (χ3v) is 25.2. The Bertz CT molecular complexity index is 6200. The summed E-state index contributed by atoms with van der Waals surface area (Å²) in [7, 11) is -28.3. The Morgan fingerprint density at radius 1 is 0.345 bits per heavy atom. The maximum absolute atomic E-state index is 13.3. The Morgan fingerprint density at radius 3 is 0.897 bits per heavy atom. The van der Waals surface area contributed by atoms with Gasteiger partial charge in [-0.25, -0.2) is 70.9 Å². The Kier molecular flexibility index (Phi) is 45.5. The molecule has 0 atom stereocenters. The first-order chi connectivity index (χ1) is 64.1. The van der Waals surface area contributed by atoms with Crippen molar-refractivity contribution in [3.05, 3.63) is 134 Å². The molecule has 0 saturated heterocycles. The highest BCUT2D eigenvalue weighted by molar-refractivity contribution is 14.1. The van der Waals surface area contributed by atoms with E-state index in [9.17, 15) is 240 Å². The van der Waals surface area contributed by atoms with Gasteiger partial charge in [-0.1, -0.05) is 0 Å². The monoisotopic (exact) mass is 2930 g/mol. The van der Waals surface area contributed by atoms with Crippen molar-refractivity contribution >= 4 is 251 Å². The molecule has 1 N–H and O–H groups in total. The minimum atomic E-state index is -6.51. The van der Waals surface area contributed by atoms with Gasteiger partial charge in [0.05, 0.1) is 131 Å². The molecule has 0 aliphatic carbocycles. The lowest BCUT2D eigenvalue weighted by Crippen LogP contribution is -2.63. The molecule has 0 aliphatic heterocycles. The largest absolute Gasteiger partial charge is 0.748 e. The van der Waals surface area contributed by atoms with E-state index < -0.39 is 262 Å². The molecule has 0 saturated carbocycles. The highest BCUT2D eigenvalue weighted by atomic mass is 127. The van der Waals surface area contributed by atoms with Crippen LogP contribution in [-0.4, -0.2) is 257 Å². The molecule has 0 unspecified atom stereocenters. The van der Waals surface area contributed by atoms with Crippen molar-refractivity contribution in [3.8, 4) is 17.2 Å². The number of aryl methyl sites for hydroxylation is 1. The second-order valence-electron chi connectivity index (χ2n) is 28.5. The predicted octanol–water partition coefficient (Wildman–Crippen LogP) is 16.4. The number of carbonyl (C=O) groups excluding carboxylic acids is 9. The highest BCUT2D eigenvalue weighted by Crippen LogP contribution is 2.54. The average molecular weight is 2930 g/mol. The molecule has 0 fully saturated rings. The fourth-order valence-electron chi connectivity index (χ4n) is 9.83. The zero-order chi connectivity index (χ0) is 115. The van der Waals surface area contributed by atoms with E-state index in [0.29, 0.717) is 19.3 Å². The number of hydrogen-bond donors (Lipinski definition) is 1. The van der Waals surface area contributed by atoms with Crippen LogP contribution in [0.5, 0.6) is 17.2 Å². The van der Waals surface area contributed by atoms with Crippen LogP contribution in [0.2, 0.25) is 0 Å². The number of alkyl halides is 30. The summed E-state index contributed by atoms with van der Waals surface area (Å²) in [5.41, 5.74) is -33.2. The maximum Gasteiger partial charge on any atom is 0.438 e. The molecule has 76 heteroatoms. The molecule has 35 nitrogen and oxygen atoms in total. The van der Waals surface area contributed by atoms with Crippen molar-refractivity contribution in [2.75, 3.05) is 53.1 Å². The van der Waals surface area contributed by atoms with Gasteiger partial charge < -0.3 is 70.7 Å². The summed E-state index contributed by atoms with van der Waals surface area (Å²) in [6, 6.07) is 11.6. The van der Waals surface area contributed by atoms with E-state index in [4.69, 9.17) is 9.47 Å². The van der Waals surface area contributed by atoms with E-state index in [1.54, 1.807) is 134 Å². The number of amides is 2. The molecule has 0 bridgehead atoms. The zero-order valence-corrected chi connectivity index (χ0v) is 88.1. The second kappa shape index (κ2) is 48.6. The number of nitrogens with one attached hydrogen (secondary N) is 1. The van der Waals surface area contributed by atoms with Crippen LogP contribution in [0, 0.1) is 28.3 Å². The fraction of sp³-hybridized carbons (Fsp3) is 0.435. The number of halogens is 36. The lowest BCUT2D eigenvalue weighted by Gasteiger charge is -2.37. The molecule has 5 aromatic rings. The number of rotatable bonds is 25. The topological polar surface area (TPSA) is 538 Å². The Balaban J connectivity index is 0.000000908. The first-order valence-electron chi connectivity index (χ1n) is 35.4. The van der Waals surface area contributed by atoms with Crippen LogP contribution >= 0.6 is 136 Å².